The van der Waals surface area contributed by atoms with E-state index in [9.17, 15) is 4.79 Å². The first-order valence-corrected chi connectivity index (χ1v) is 9.80. The lowest BCUT2D eigenvalue weighted by molar-refractivity contribution is 0.0653. The topological polar surface area (TPSA) is 42.4 Å². The molecule has 3 aromatic rings. The van der Waals surface area contributed by atoms with Crippen molar-refractivity contribution in [2.75, 3.05) is 20.2 Å². The second-order valence-corrected chi connectivity index (χ2v) is 7.42. The maximum Gasteiger partial charge on any atom is 0.254 e. The molecule has 2 aromatic carbocycles. The van der Waals surface area contributed by atoms with Crippen LogP contribution < -0.4 is 4.74 Å². The molecule has 140 valence electrons. The van der Waals surface area contributed by atoms with E-state index < -0.39 is 0 Å². The highest BCUT2D eigenvalue weighted by atomic mass is 16.5. The van der Waals surface area contributed by atoms with Crippen molar-refractivity contribution in [3.8, 4) is 5.75 Å². The van der Waals surface area contributed by atoms with Crippen LogP contribution in [-0.2, 0) is 6.42 Å². The molecule has 1 fully saturated rings. The monoisotopic (exact) mass is 370 g/mol. The molecular weight excluding hydrogens is 348 g/mol. The Balaban J connectivity index is 1.64. The lowest BCUT2D eigenvalue weighted by atomic mass is 9.98. The molecular formula is C24H22N2O2. The molecule has 0 saturated carbocycles. The van der Waals surface area contributed by atoms with E-state index in [1.807, 2.05) is 41.3 Å². The summed E-state index contributed by atoms with van der Waals surface area (Å²) in [5, 5.41) is 0.976. The van der Waals surface area contributed by atoms with Crippen LogP contribution in [0.15, 0.2) is 48.5 Å². The van der Waals surface area contributed by atoms with Gasteiger partial charge in [-0.05, 0) is 60.2 Å². The Hall–Kier alpha value is -3.14. The average Bonchev–Trinajstić information content (AvgIpc) is 3.07. The van der Waals surface area contributed by atoms with Crippen LogP contribution in [0.1, 0.15) is 40.0 Å². The number of aromatic nitrogens is 1. The minimum Gasteiger partial charge on any atom is -0.497 e. The molecule has 1 aliphatic heterocycles. The number of pyridine rings is 1. The summed E-state index contributed by atoms with van der Waals surface area (Å²) in [4.78, 5) is 20.1. The second kappa shape index (κ2) is 6.79. The largest absolute Gasteiger partial charge is 0.497 e. The van der Waals surface area contributed by atoms with Crippen LogP contribution in [0.25, 0.3) is 22.6 Å². The molecule has 28 heavy (non-hydrogen) atoms. The molecule has 4 nitrogen and oxygen atoms in total. The predicted molar refractivity (Wildman–Crippen MR) is 111 cm³/mol. The summed E-state index contributed by atoms with van der Waals surface area (Å²) in [6.45, 7) is 1.72. The quantitative estimate of drug-likeness (QED) is 0.678. The predicted octanol–water partition coefficient (Wildman–Crippen LogP) is 4.58. The van der Waals surface area contributed by atoms with Crippen molar-refractivity contribution in [3.63, 3.8) is 0 Å². The number of carbonyl (C=O) groups excluding carboxylic acids is 1. The van der Waals surface area contributed by atoms with Gasteiger partial charge in [-0.1, -0.05) is 30.3 Å². The number of amides is 1. The average molecular weight is 370 g/mol. The molecule has 5 rings (SSSR count). The Labute approximate surface area is 164 Å². The number of benzene rings is 2. The highest BCUT2D eigenvalue weighted by Gasteiger charge is 2.30. The van der Waals surface area contributed by atoms with Gasteiger partial charge in [-0.25, -0.2) is 4.98 Å². The lowest BCUT2D eigenvalue weighted by Crippen LogP contribution is -2.42. The zero-order valence-electron chi connectivity index (χ0n) is 15.9. The Morgan fingerprint density at radius 3 is 2.57 bits per heavy atom. The summed E-state index contributed by atoms with van der Waals surface area (Å²) in [5.41, 5.74) is 6.16. The Kier molecular flexibility index (Phi) is 4.12. The minimum absolute atomic E-state index is 0.159. The van der Waals surface area contributed by atoms with Crippen LogP contribution in [0.4, 0.5) is 0 Å². The van der Waals surface area contributed by atoms with Gasteiger partial charge in [0.1, 0.15) is 5.75 Å². The van der Waals surface area contributed by atoms with Crippen LogP contribution >= 0.6 is 0 Å². The van der Waals surface area contributed by atoms with Crippen LogP contribution in [0, 0.1) is 0 Å². The van der Waals surface area contributed by atoms with Crippen LogP contribution in [-0.4, -0.2) is 36.0 Å². The van der Waals surface area contributed by atoms with Crippen molar-refractivity contribution in [1.29, 1.82) is 0 Å². The fourth-order valence-corrected chi connectivity index (χ4v) is 4.10. The third kappa shape index (κ3) is 2.76. The molecule has 1 aromatic heterocycles. The van der Waals surface area contributed by atoms with Gasteiger partial charge in [-0.3, -0.25) is 4.79 Å². The molecule has 2 aliphatic rings. The highest BCUT2D eigenvalue weighted by molar-refractivity contribution is 6.09. The van der Waals surface area contributed by atoms with Gasteiger partial charge in [0, 0.05) is 18.5 Å². The Morgan fingerprint density at radius 2 is 1.86 bits per heavy atom. The summed E-state index contributed by atoms with van der Waals surface area (Å²) < 4.78 is 5.25. The fourth-order valence-electron chi connectivity index (χ4n) is 4.10. The third-order valence-electron chi connectivity index (χ3n) is 5.76. The molecule has 4 heteroatoms. The zero-order chi connectivity index (χ0) is 19.1. The number of rotatable bonds is 3. The smallest absolute Gasteiger partial charge is 0.254 e. The van der Waals surface area contributed by atoms with E-state index in [-0.39, 0.29) is 5.91 Å². The van der Waals surface area contributed by atoms with Gasteiger partial charge in [-0.2, -0.15) is 0 Å². The molecule has 1 amide bonds. The first-order valence-electron chi connectivity index (χ1n) is 9.80. The van der Waals surface area contributed by atoms with Crippen molar-refractivity contribution >= 4 is 28.5 Å². The highest BCUT2D eigenvalue weighted by Crippen LogP contribution is 2.38. The zero-order valence-corrected chi connectivity index (χ0v) is 15.9. The van der Waals surface area contributed by atoms with Gasteiger partial charge in [0.25, 0.3) is 5.91 Å². The van der Waals surface area contributed by atoms with Crippen molar-refractivity contribution in [1.82, 2.24) is 9.88 Å². The number of para-hydroxylation sites is 1. The number of hydrogen-bond acceptors (Lipinski definition) is 3. The van der Waals surface area contributed by atoms with Crippen LogP contribution in [0.3, 0.4) is 0 Å². The number of methoxy groups -OCH3 is 1. The summed E-state index contributed by atoms with van der Waals surface area (Å²) in [6.07, 6.45) is 5.06. The molecule has 0 unspecified atom stereocenters. The Bertz CT molecular complexity index is 1100. The Morgan fingerprint density at radius 1 is 1.07 bits per heavy atom. The number of allylic oxidation sites excluding steroid dienone is 1. The van der Waals surface area contributed by atoms with E-state index in [4.69, 9.17) is 9.72 Å². The summed E-state index contributed by atoms with van der Waals surface area (Å²) in [6, 6.07) is 16.1. The van der Waals surface area contributed by atoms with E-state index in [2.05, 4.69) is 18.2 Å². The summed E-state index contributed by atoms with van der Waals surface area (Å²) in [5.74, 6) is 1.01. The lowest BCUT2D eigenvalue weighted by Gasteiger charge is -2.32. The van der Waals surface area contributed by atoms with E-state index in [0.717, 1.165) is 71.4 Å². The van der Waals surface area contributed by atoms with Crippen LogP contribution in [0.2, 0.25) is 0 Å². The van der Waals surface area contributed by atoms with Crippen LogP contribution in [0.5, 0.6) is 5.75 Å². The number of hydrogen-bond donors (Lipinski definition) is 0. The first kappa shape index (κ1) is 17.0. The third-order valence-corrected chi connectivity index (χ3v) is 5.76. The van der Waals surface area contributed by atoms with Gasteiger partial charge < -0.3 is 9.64 Å². The second-order valence-electron chi connectivity index (χ2n) is 7.42. The van der Waals surface area contributed by atoms with E-state index in [0.29, 0.717) is 0 Å². The molecule has 2 heterocycles. The SMILES string of the molecule is COc1ccc(/C=C2\CCc3c2nc2ccccc2c3C(=O)N2CCC2)cc1. The standard InChI is InChI=1S/C24H22N2O2/c1-28-18-10-7-16(8-11-18)15-17-9-12-20-22(24(27)26-13-4-14-26)19-5-2-3-6-21(19)25-23(17)20/h2-3,5-8,10-11,15H,4,9,12-14H2,1H3/b17-15+. The number of fused-ring (bicyclic) bond motifs is 2. The van der Waals surface area contributed by atoms with Gasteiger partial charge in [0.05, 0.1) is 23.9 Å². The first-order chi connectivity index (χ1) is 13.7. The molecule has 1 aliphatic carbocycles. The number of likely N-dealkylation sites (tertiary alicyclic amines) is 1. The van der Waals surface area contributed by atoms with E-state index in [1.165, 1.54) is 5.57 Å². The number of carbonyl (C=O) groups is 1. The van der Waals surface area contributed by atoms with Crippen molar-refractivity contribution in [3.05, 3.63) is 70.9 Å². The molecule has 0 bridgehead atoms. The van der Waals surface area contributed by atoms with Crippen molar-refractivity contribution < 1.29 is 9.53 Å². The van der Waals surface area contributed by atoms with Gasteiger partial charge >= 0.3 is 0 Å². The minimum atomic E-state index is 0.159. The molecule has 1 saturated heterocycles. The van der Waals surface area contributed by atoms with Crippen molar-refractivity contribution in [2.45, 2.75) is 19.3 Å². The molecule has 0 spiro atoms. The van der Waals surface area contributed by atoms with Crippen molar-refractivity contribution in [2.24, 2.45) is 0 Å². The normalized spacial score (nSPS) is 16.9. The van der Waals surface area contributed by atoms with E-state index >= 15 is 0 Å². The maximum atomic E-state index is 13.2. The number of nitrogens with zero attached hydrogens (tertiary/aromatic N) is 2. The van der Waals surface area contributed by atoms with Gasteiger partial charge in [0.15, 0.2) is 0 Å². The number of ether oxygens (including phenoxy) is 1. The molecule has 0 atom stereocenters. The van der Waals surface area contributed by atoms with Gasteiger partial charge in [-0.15, -0.1) is 0 Å². The van der Waals surface area contributed by atoms with E-state index in [1.54, 1.807) is 7.11 Å². The fraction of sp³-hybridized carbons (Fsp3) is 0.250. The maximum absolute atomic E-state index is 13.2. The molecule has 0 radical (unpaired) electrons. The van der Waals surface area contributed by atoms with Gasteiger partial charge in [0.2, 0.25) is 0 Å². The summed E-state index contributed by atoms with van der Waals surface area (Å²) in [7, 11) is 1.67. The summed E-state index contributed by atoms with van der Waals surface area (Å²) >= 11 is 0. The molecule has 0 N–H and O–H groups in total.